The van der Waals surface area contributed by atoms with E-state index in [4.69, 9.17) is 0 Å². The van der Waals surface area contributed by atoms with Crippen LogP contribution in [-0.4, -0.2) is 32.6 Å². The first-order chi connectivity index (χ1) is 9.61. The number of aliphatic hydroxyl groups excluding tert-OH is 4. The SMILES string of the molecule is O[C@H]([C@@H](O)[C@H](O)c1ccccc1)[C@H](O)c1ccccc1. The van der Waals surface area contributed by atoms with E-state index in [1.54, 1.807) is 60.7 Å². The van der Waals surface area contributed by atoms with Gasteiger partial charge in [-0.3, -0.25) is 0 Å². The minimum absolute atomic E-state index is 0.485. The Morgan fingerprint density at radius 3 is 1.10 bits per heavy atom. The molecule has 0 aromatic heterocycles. The zero-order valence-electron chi connectivity index (χ0n) is 10.9. The van der Waals surface area contributed by atoms with Crippen molar-refractivity contribution in [2.75, 3.05) is 0 Å². The summed E-state index contributed by atoms with van der Waals surface area (Å²) in [5, 5.41) is 40.1. The topological polar surface area (TPSA) is 80.9 Å². The molecule has 0 radical (unpaired) electrons. The third-order valence-electron chi connectivity index (χ3n) is 3.28. The van der Waals surface area contributed by atoms with Gasteiger partial charge in [0.05, 0.1) is 0 Å². The highest BCUT2D eigenvalue weighted by atomic mass is 16.4. The number of rotatable bonds is 5. The molecule has 0 saturated heterocycles. The van der Waals surface area contributed by atoms with Crippen molar-refractivity contribution in [1.29, 1.82) is 0 Å². The van der Waals surface area contributed by atoms with Crippen LogP contribution in [0.3, 0.4) is 0 Å². The lowest BCUT2D eigenvalue weighted by molar-refractivity contribution is -0.107. The van der Waals surface area contributed by atoms with Crippen LogP contribution in [0.5, 0.6) is 0 Å². The second-order valence-electron chi connectivity index (χ2n) is 4.69. The summed E-state index contributed by atoms with van der Waals surface area (Å²) in [6, 6.07) is 17.1. The Morgan fingerprint density at radius 1 is 0.500 bits per heavy atom. The molecule has 0 aliphatic rings. The van der Waals surface area contributed by atoms with Crippen molar-refractivity contribution in [3.63, 3.8) is 0 Å². The number of benzene rings is 2. The predicted octanol–water partition coefficient (Wildman–Crippen LogP) is 1.18. The summed E-state index contributed by atoms with van der Waals surface area (Å²) >= 11 is 0. The van der Waals surface area contributed by atoms with Crippen molar-refractivity contribution in [2.45, 2.75) is 24.4 Å². The van der Waals surface area contributed by atoms with Gasteiger partial charge < -0.3 is 20.4 Å². The Kier molecular flexibility index (Phi) is 4.87. The van der Waals surface area contributed by atoms with Gasteiger partial charge in [0, 0.05) is 0 Å². The van der Waals surface area contributed by atoms with Gasteiger partial charge >= 0.3 is 0 Å². The molecule has 0 fully saturated rings. The molecule has 2 rings (SSSR count). The van der Waals surface area contributed by atoms with E-state index in [9.17, 15) is 20.4 Å². The normalized spacial score (nSPS) is 17.2. The number of aliphatic hydroxyl groups is 4. The van der Waals surface area contributed by atoms with Gasteiger partial charge in [-0.05, 0) is 11.1 Å². The lowest BCUT2D eigenvalue weighted by Gasteiger charge is -2.27. The van der Waals surface area contributed by atoms with Crippen molar-refractivity contribution < 1.29 is 20.4 Å². The van der Waals surface area contributed by atoms with Gasteiger partial charge in [-0.1, -0.05) is 60.7 Å². The maximum atomic E-state index is 10.0. The zero-order valence-corrected chi connectivity index (χ0v) is 10.9. The van der Waals surface area contributed by atoms with Crippen LogP contribution < -0.4 is 0 Å². The molecule has 0 bridgehead atoms. The van der Waals surface area contributed by atoms with Crippen molar-refractivity contribution in [3.05, 3.63) is 71.8 Å². The van der Waals surface area contributed by atoms with E-state index in [0.717, 1.165) is 0 Å². The monoisotopic (exact) mass is 274 g/mol. The molecule has 0 saturated carbocycles. The van der Waals surface area contributed by atoms with Crippen LogP contribution >= 0.6 is 0 Å². The van der Waals surface area contributed by atoms with Crippen LogP contribution in [0.4, 0.5) is 0 Å². The standard InChI is InChI=1S/C16H18O4/c17-13(11-7-3-1-4-8-11)15(19)16(20)14(18)12-9-5-2-6-10-12/h1-10,13-20H/t13-,14-,15+,16+/m1/s1. The van der Waals surface area contributed by atoms with Gasteiger partial charge in [0.2, 0.25) is 0 Å². The Hall–Kier alpha value is -1.72. The highest BCUT2D eigenvalue weighted by molar-refractivity contribution is 5.21. The molecular formula is C16H18O4. The quantitative estimate of drug-likeness (QED) is 0.660. The lowest BCUT2D eigenvalue weighted by Crippen LogP contribution is -2.36. The maximum Gasteiger partial charge on any atom is 0.113 e. The van der Waals surface area contributed by atoms with E-state index in [0.29, 0.717) is 11.1 Å². The smallest absolute Gasteiger partial charge is 0.113 e. The molecule has 0 amide bonds. The van der Waals surface area contributed by atoms with Crippen LogP contribution in [0.25, 0.3) is 0 Å². The minimum Gasteiger partial charge on any atom is -0.387 e. The van der Waals surface area contributed by atoms with Crippen molar-refractivity contribution in [3.8, 4) is 0 Å². The van der Waals surface area contributed by atoms with E-state index in [2.05, 4.69) is 0 Å². The van der Waals surface area contributed by atoms with Gasteiger partial charge in [0.15, 0.2) is 0 Å². The summed E-state index contributed by atoms with van der Waals surface area (Å²) in [5.41, 5.74) is 0.971. The van der Waals surface area contributed by atoms with E-state index < -0.39 is 24.4 Å². The predicted molar refractivity (Wildman–Crippen MR) is 74.8 cm³/mol. The van der Waals surface area contributed by atoms with Crippen molar-refractivity contribution in [2.24, 2.45) is 0 Å². The first-order valence-corrected chi connectivity index (χ1v) is 6.43. The Labute approximate surface area is 117 Å². The number of hydrogen-bond acceptors (Lipinski definition) is 4. The average Bonchev–Trinajstić information content (AvgIpc) is 2.53. The molecule has 0 aliphatic carbocycles. The zero-order chi connectivity index (χ0) is 14.5. The van der Waals surface area contributed by atoms with Gasteiger partial charge in [-0.15, -0.1) is 0 Å². The van der Waals surface area contributed by atoms with E-state index >= 15 is 0 Å². The molecule has 0 aliphatic heterocycles. The molecule has 2 aromatic rings. The second-order valence-corrected chi connectivity index (χ2v) is 4.69. The minimum atomic E-state index is -1.48. The molecule has 106 valence electrons. The molecule has 4 heteroatoms. The third-order valence-corrected chi connectivity index (χ3v) is 3.28. The largest absolute Gasteiger partial charge is 0.387 e. The summed E-state index contributed by atoms with van der Waals surface area (Å²) in [6.45, 7) is 0. The molecule has 0 unspecified atom stereocenters. The molecule has 20 heavy (non-hydrogen) atoms. The van der Waals surface area contributed by atoms with E-state index in [1.165, 1.54) is 0 Å². The molecule has 4 nitrogen and oxygen atoms in total. The fourth-order valence-electron chi connectivity index (χ4n) is 2.07. The van der Waals surface area contributed by atoms with Crippen LogP contribution in [0.1, 0.15) is 23.3 Å². The molecule has 4 N–H and O–H groups in total. The Balaban J connectivity index is 2.10. The molecule has 0 spiro atoms. The molecule has 4 atom stereocenters. The Morgan fingerprint density at radius 2 is 0.800 bits per heavy atom. The summed E-state index contributed by atoms with van der Waals surface area (Å²) < 4.78 is 0. The Bertz CT molecular complexity index is 465. The van der Waals surface area contributed by atoms with Crippen LogP contribution in [0, 0.1) is 0 Å². The van der Waals surface area contributed by atoms with Gasteiger partial charge in [-0.2, -0.15) is 0 Å². The van der Waals surface area contributed by atoms with Crippen molar-refractivity contribution in [1.82, 2.24) is 0 Å². The van der Waals surface area contributed by atoms with Crippen LogP contribution in [0.2, 0.25) is 0 Å². The fourth-order valence-corrected chi connectivity index (χ4v) is 2.07. The van der Waals surface area contributed by atoms with Gasteiger partial charge in [0.25, 0.3) is 0 Å². The summed E-state index contributed by atoms with van der Waals surface area (Å²) in [7, 11) is 0. The van der Waals surface area contributed by atoms with Gasteiger partial charge in [-0.25, -0.2) is 0 Å². The fraction of sp³-hybridized carbons (Fsp3) is 0.250. The first-order valence-electron chi connectivity index (χ1n) is 6.43. The molecule has 2 aromatic carbocycles. The van der Waals surface area contributed by atoms with Gasteiger partial charge in [0.1, 0.15) is 24.4 Å². The highest BCUT2D eigenvalue weighted by Crippen LogP contribution is 2.25. The third kappa shape index (κ3) is 3.23. The van der Waals surface area contributed by atoms with Crippen LogP contribution in [-0.2, 0) is 0 Å². The van der Waals surface area contributed by atoms with Crippen molar-refractivity contribution >= 4 is 0 Å². The average molecular weight is 274 g/mol. The van der Waals surface area contributed by atoms with E-state index in [-0.39, 0.29) is 0 Å². The summed E-state index contributed by atoms with van der Waals surface area (Å²) in [5.74, 6) is 0. The molecular weight excluding hydrogens is 256 g/mol. The highest BCUT2D eigenvalue weighted by Gasteiger charge is 2.31. The summed E-state index contributed by atoms with van der Waals surface area (Å²) in [4.78, 5) is 0. The van der Waals surface area contributed by atoms with E-state index in [1.807, 2.05) is 0 Å². The maximum absolute atomic E-state index is 10.0. The molecule has 0 heterocycles. The first kappa shape index (κ1) is 14.7. The lowest BCUT2D eigenvalue weighted by atomic mass is 9.94. The second kappa shape index (κ2) is 6.63. The number of hydrogen-bond donors (Lipinski definition) is 4. The van der Waals surface area contributed by atoms with Crippen LogP contribution in [0.15, 0.2) is 60.7 Å². The summed E-state index contributed by atoms with van der Waals surface area (Å²) in [6.07, 6.45) is -5.48.